The largest absolute Gasteiger partial charge is 0.385 e. The van der Waals surface area contributed by atoms with Crippen molar-refractivity contribution in [2.75, 3.05) is 0 Å². The van der Waals surface area contributed by atoms with Crippen molar-refractivity contribution in [3.63, 3.8) is 0 Å². The standard InChI is InChI=1S/C10H20O2.C10H18O.2C9H18O.C3H8/c1-7(2)6-8(11)9(12)10(3,4)5;1-2-10(11)8-9-6-4-3-5-7-9;2*1-7(2)6-8(10)9(3,4)5;1-3-2/h7-8,11H,6H2,1-5H3;9H,2-8H2,1H3;2*7H,6H2,1-5H3;3H2,1-2H3. The van der Waals surface area contributed by atoms with E-state index in [1.165, 1.54) is 38.5 Å². The van der Waals surface area contributed by atoms with E-state index in [9.17, 15) is 24.3 Å². The molecule has 1 aliphatic rings. The van der Waals surface area contributed by atoms with Gasteiger partial charge in [0.05, 0.1) is 0 Å². The van der Waals surface area contributed by atoms with Crippen LogP contribution in [0.25, 0.3) is 0 Å². The number of Topliss-reactive ketones (excluding diaryl/α,β-unsaturated/α-hetero) is 4. The van der Waals surface area contributed by atoms with Crippen molar-refractivity contribution in [2.45, 2.75) is 201 Å². The van der Waals surface area contributed by atoms with Gasteiger partial charge in [-0.2, -0.15) is 0 Å². The second kappa shape index (κ2) is 26.6. The molecule has 0 aromatic heterocycles. The van der Waals surface area contributed by atoms with Crippen molar-refractivity contribution in [1.29, 1.82) is 0 Å². The second-order valence-electron chi connectivity index (χ2n) is 17.6. The SMILES string of the molecule is CC(C)CC(=O)C(C)(C)C.CC(C)CC(=O)C(C)(C)C.CC(C)CC(O)C(=O)C(C)(C)C.CCC.CCC(=O)CC1CCCCC1. The molecule has 5 nitrogen and oxygen atoms in total. The van der Waals surface area contributed by atoms with Crippen LogP contribution in [-0.4, -0.2) is 34.3 Å². The summed E-state index contributed by atoms with van der Waals surface area (Å²) in [5.74, 6) is 3.21. The maximum Gasteiger partial charge on any atom is 0.166 e. The minimum absolute atomic E-state index is 0.0591. The van der Waals surface area contributed by atoms with E-state index in [4.69, 9.17) is 0 Å². The molecule has 1 saturated carbocycles. The fourth-order valence-corrected chi connectivity index (χ4v) is 4.26. The van der Waals surface area contributed by atoms with E-state index in [0.29, 0.717) is 54.4 Å². The lowest BCUT2D eigenvalue weighted by molar-refractivity contribution is -0.135. The summed E-state index contributed by atoms with van der Waals surface area (Å²) >= 11 is 0. The van der Waals surface area contributed by atoms with Crippen LogP contribution in [0.15, 0.2) is 0 Å². The molecule has 0 radical (unpaired) electrons. The highest BCUT2D eigenvalue weighted by atomic mass is 16.3. The first-order valence-electron chi connectivity index (χ1n) is 18.5. The van der Waals surface area contributed by atoms with Gasteiger partial charge in [0.25, 0.3) is 0 Å². The summed E-state index contributed by atoms with van der Waals surface area (Å²) in [7, 11) is 0. The van der Waals surface area contributed by atoms with Gasteiger partial charge in [-0.1, -0.05) is 163 Å². The lowest BCUT2D eigenvalue weighted by atomic mass is 9.85. The van der Waals surface area contributed by atoms with Crippen molar-refractivity contribution in [2.24, 2.45) is 39.9 Å². The number of aliphatic hydroxyl groups is 1. The monoisotopic (exact) mass is 655 g/mol. The summed E-state index contributed by atoms with van der Waals surface area (Å²) in [6.07, 6.45) is 10.7. The molecule has 0 bridgehead atoms. The van der Waals surface area contributed by atoms with Gasteiger partial charge in [-0.15, -0.1) is 0 Å². The molecule has 5 heteroatoms. The molecule has 1 unspecified atom stereocenters. The van der Waals surface area contributed by atoms with Crippen LogP contribution >= 0.6 is 0 Å². The zero-order chi connectivity index (χ0) is 37.5. The summed E-state index contributed by atoms with van der Waals surface area (Å²) in [5, 5.41) is 9.47. The van der Waals surface area contributed by atoms with Crippen molar-refractivity contribution >= 4 is 23.1 Å². The molecule has 0 saturated heterocycles. The smallest absolute Gasteiger partial charge is 0.166 e. The van der Waals surface area contributed by atoms with Gasteiger partial charge in [0, 0.05) is 41.9 Å². The number of carbonyl (C=O) groups is 4. The van der Waals surface area contributed by atoms with Gasteiger partial charge in [-0.25, -0.2) is 0 Å². The zero-order valence-corrected chi connectivity index (χ0v) is 34.2. The summed E-state index contributed by atoms with van der Waals surface area (Å²) in [5.41, 5.74) is -0.719. The molecule has 1 rings (SSSR count). The van der Waals surface area contributed by atoms with E-state index >= 15 is 0 Å². The number of rotatable bonds is 10. The second-order valence-corrected chi connectivity index (χ2v) is 17.6. The molecule has 46 heavy (non-hydrogen) atoms. The average molecular weight is 655 g/mol. The van der Waals surface area contributed by atoms with E-state index in [-0.39, 0.29) is 16.6 Å². The van der Waals surface area contributed by atoms with Crippen LogP contribution < -0.4 is 0 Å². The van der Waals surface area contributed by atoms with Gasteiger partial charge in [-0.05, 0) is 30.1 Å². The van der Waals surface area contributed by atoms with Crippen LogP contribution in [0.2, 0.25) is 0 Å². The molecule has 0 aromatic rings. The Kier molecular flexibility index (Phi) is 29.7. The number of aliphatic hydroxyl groups excluding tert-OH is 1. The summed E-state index contributed by atoms with van der Waals surface area (Å²) in [6.45, 7) is 35.8. The third-order valence-corrected chi connectivity index (χ3v) is 7.23. The number of carbonyl (C=O) groups excluding carboxylic acids is 4. The van der Waals surface area contributed by atoms with E-state index in [1.54, 1.807) is 0 Å². The van der Waals surface area contributed by atoms with Crippen molar-refractivity contribution < 1.29 is 24.3 Å². The Morgan fingerprint density at radius 1 is 0.609 bits per heavy atom. The molecule has 0 aliphatic heterocycles. The fourth-order valence-electron chi connectivity index (χ4n) is 4.26. The Morgan fingerprint density at radius 2 is 0.957 bits per heavy atom. The number of ketones is 4. The topological polar surface area (TPSA) is 88.5 Å². The Hall–Kier alpha value is -1.36. The molecule has 1 atom stereocenters. The molecular weight excluding hydrogens is 572 g/mol. The molecule has 1 N–H and O–H groups in total. The number of hydrogen-bond acceptors (Lipinski definition) is 5. The zero-order valence-electron chi connectivity index (χ0n) is 34.2. The Morgan fingerprint density at radius 3 is 1.17 bits per heavy atom. The molecule has 0 aromatic carbocycles. The first-order chi connectivity index (χ1) is 20.7. The maximum atomic E-state index is 11.5. The molecule has 0 spiro atoms. The molecular formula is C41H82O5. The van der Waals surface area contributed by atoms with Crippen molar-refractivity contribution in [3.05, 3.63) is 0 Å². The maximum absolute atomic E-state index is 11.5. The molecule has 1 aliphatic carbocycles. The van der Waals surface area contributed by atoms with Crippen molar-refractivity contribution in [1.82, 2.24) is 0 Å². The molecule has 1 fully saturated rings. The highest BCUT2D eigenvalue weighted by molar-refractivity contribution is 5.87. The molecule has 276 valence electrons. The van der Waals surface area contributed by atoms with E-state index in [2.05, 4.69) is 41.5 Å². The summed E-state index contributed by atoms with van der Waals surface area (Å²) in [6, 6.07) is 0. The van der Waals surface area contributed by atoms with Gasteiger partial charge in [-0.3, -0.25) is 19.2 Å². The van der Waals surface area contributed by atoms with Gasteiger partial charge in [0.1, 0.15) is 23.5 Å². The van der Waals surface area contributed by atoms with Crippen LogP contribution in [0.3, 0.4) is 0 Å². The van der Waals surface area contributed by atoms with E-state index in [0.717, 1.165) is 18.8 Å². The number of hydrogen-bond donors (Lipinski definition) is 1. The predicted molar refractivity (Wildman–Crippen MR) is 200 cm³/mol. The van der Waals surface area contributed by atoms with Gasteiger partial charge < -0.3 is 5.11 Å². The summed E-state index contributed by atoms with van der Waals surface area (Å²) in [4.78, 5) is 45.1. The molecule has 0 heterocycles. The van der Waals surface area contributed by atoms with Crippen LogP contribution in [0.4, 0.5) is 0 Å². The lowest BCUT2D eigenvalue weighted by Gasteiger charge is -2.21. The normalized spacial score (nSPS) is 14.4. The third-order valence-electron chi connectivity index (χ3n) is 7.23. The van der Waals surface area contributed by atoms with Crippen LogP contribution in [0, 0.1) is 39.9 Å². The highest BCUT2D eigenvalue weighted by Crippen LogP contribution is 2.26. The first kappa shape index (κ1) is 51.5. The van der Waals surface area contributed by atoms with Gasteiger partial charge >= 0.3 is 0 Å². The highest BCUT2D eigenvalue weighted by Gasteiger charge is 2.28. The Balaban J connectivity index is -0.000000249. The average Bonchev–Trinajstić information content (AvgIpc) is 2.87. The van der Waals surface area contributed by atoms with Crippen LogP contribution in [0.5, 0.6) is 0 Å². The lowest BCUT2D eigenvalue weighted by Crippen LogP contribution is -2.33. The van der Waals surface area contributed by atoms with Crippen molar-refractivity contribution in [3.8, 4) is 0 Å². The fraction of sp³-hybridized carbons (Fsp3) is 0.902. The van der Waals surface area contributed by atoms with E-state index in [1.807, 2.05) is 83.1 Å². The molecule has 0 amide bonds. The van der Waals surface area contributed by atoms with Gasteiger partial charge in [0.2, 0.25) is 0 Å². The van der Waals surface area contributed by atoms with Gasteiger partial charge in [0.15, 0.2) is 5.78 Å². The van der Waals surface area contributed by atoms with Crippen LogP contribution in [0.1, 0.15) is 195 Å². The van der Waals surface area contributed by atoms with E-state index < -0.39 is 11.5 Å². The Bertz CT molecular complexity index is 762. The summed E-state index contributed by atoms with van der Waals surface area (Å²) < 4.78 is 0. The minimum Gasteiger partial charge on any atom is -0.385 e. The predicted octanol–water partition coefficient (Wildman–Crippen LogP) is 11.7. The first-order valence-corrected chi connectivity index (χ1v) is 18.5. The Labute approximate surface area is 288 Å². The third kappa shape index (κ3) is 34.0. The van der Waals surface area contributed by atoms with Crippen LogP contribution in [-0.2, 0) is 19.2 Å². The minimum atomic E-state index is -0.787. The quantitative estimate of drug-likeness (QED) is 0.253.